The number of esters is 2. The van der Waals surface area contributed by atoms with Crippen LogP contribution in [0.1, 0.15) is 155 Å². The van der Waals surface area contributed by atoms with Gasteiger partial charge in [-0.15, -0.1) is 33.5 Å². The first kappa shape index (κ1) is 47.1. The zero-order valence-electron chi connectivity index (χ0n) is 37.7. The molecule has 8 bridgehead atoms. The Balaban J connectivity index is 0.00000683. The summed E-state index contributed by atoms with van der Waals surface area (Å²) in [7, 11) is 1.33. The molecule has 1 fully saturated rings. The van der Waals surface area contributed by atoms with E-state index in [0.29, 0.717) is 34.6 Å². The van der Waals surface area contributed by atoms with Crippen LogP contribution in [-0.4, -0.2) is 53.8 Å². The Hall–Kier alpha value is -3.99. The van der Waals surface area contributed by atoms with E-state index in [9.17, 15) is 14.7 Å². The summed E-state index contributed by atoms with van der Waals surface area (Å²) >= 11 is 0. The predicted octanol–water partition coefficient (Wildman–Crippen LogP) is 8.41. The normalized spacial score (nSPS) is 23.1. The molecule has 0 saturated carbocycles. The minimum absolute atomic E-state index is 0. The number of aromatic nitrogens is 3. The van der Waals surface area contributed by atoms with Crippen LogP contribution in [0.5, 0.6) is 0 Å². The van der Waals surface area contributed by atoms with Crippen LogP contribution in [0.2, 0.25) is 0 Å². The van der Waals surface area contributed by atoms with Gasteiger partial charge < -0.3 is 34.8 Å². The minimum Gasteiger partial charge on any atom is -0.664 e. The van der Waals surface area contributed by atoms with Gasteiger partial charge in [0.1, 0.15) is 12.5 Å². The number of nitrogens with zero attached hydrogens (tertiary/aromatic N) is 4. The molecule has 5 atom stereocenters. The molecule has 6 rings (SSSR count). The predicted molar refractivity (Wildman–Crippen MR) is 242 cm³/mol. The molecule has 2 aliphatic heterocycles. The van der Waals surface area contributed by atoms with Gasteiger partial charge in [-0.3, -0.25) is 9.59 Å². The molecular formula is C50H64MgN4O5-2. The molecule has 3 aliphatic rings. The third kappa shape index (κ3) is 9.71. The number of carbonyl (C=O) groups excluding carboxylic acids is 2. The van der Waals surface area contributed by atoms with E-state index in [-0.39, 0.29) is 53.9 Å². The van der Waals surface area contributed by atoms with Crippen LogP contribution in [0.4, 0.5) is 0 Å². The van der Waals surface area contributed by atoms with Gasteiger partial charge in [0.2, 0.25) is 0 Å². The molecule has 1 aliphatic carbocycles. The summed E-state index contributed by atoms with van der Waals surface area (Å²) in [4.78, 5) is 42.2. The van der Waals surface area contributed by atoms with Crippen LogP contribution in [-0.2, 0) is 25.5 Å². The second-order valence-corrected chi connectivity index (χ2v) is 17.6. The molecule has 0 aromatic carbocycles. The third-order valence-corrected chi connectivity index (χ3v) is 13.0. The number of fused-ring (bicyclic) bond motifs is 7. The Labute approximate surface area is 373 Å². The minimum atomic E-state index is -1.18. The van der Waals surface area contributed by atoms with Gasteiger partial charge >= 0.3 is 35.0 Å². The first-order valence-corrected chi connectivity index (χ1v) is 21.8. The van der Waals surface area contributed by atoms with Gasteiger partial charge in [-0.25, -0.2) is 0 Å². The molecule has 1 saturated heterocycles. The molecule has 60 heavy (non-hydrogen) atoms. The fraction of sp³-hybridized carbons (Fsp3) is 0.520. The van der Waals surface area contributed by atoms with Gasteiger partial charge in [0.25, 0.3) is 0 Å². The second kappa shape index (κ2) is 20.3. The second-order valence-electron chi connectivity index (χ2n) is 17.6. The Morgan fingerprint density at radius 2 is 1.62 bits per heavy atom. The molecule has 0 unspecified atom stereocenters. The van der Waals surface area contributed by atoms with Gasteiger partial charge in [-0.1, -0.05) is 125 Å². The van der Waals surface area contributed by atoms with Crippen molar-refractivity contribution in [1.29, 1.82) is 0 Å². The number of rotatable bonds is 16. The maximum absolute atomic E-state index is 13.6. The zero-order valence-corrected chi connectivity index (χ0v) is 39.1. The zero-order chi connectivity index (χ0) is 42.7. The van der Waals surface area contributed by atoms with Crippen molar-refractivity contribution in [3.8, 4) is 0 Å². The molecule has 3 aromatic rings. The number of aliphatic hydroxyl groups excluding tert-OH is 1. The Morgan fingerprint density at radius 1 is 0.917 bits per heavy atom. The Bertz CT molecular complexity index is 2300. The molecule has 3 aromatic heterocycles. The summed E-state index contributed by atoms with van der Waals surface area (Å²) < 4.78 is 11.1. The summed E-state index contributed by atoms with van der Waals surface area (Å²) in [6.45, 7) is 23.6. The number of aliphatic hydroxyl groups is 1. The SMILES string of the molecule is C=Cc1c2[n-]c(c1C)/C=C1\[N-]/C(=C3\c4[n-]c(c(C)c4[C@H](O)[C@@H]3C(=O)OC)/C=c3\[n-]/c(c(C)c3CC)=C\2)[C@@H](CCC(=O)OC/C=C(\C)CCC[C@H](C)CCCC(C)C)[C@@H]1C.[Mg+2]. The van der Waals surface area contributed by atoms with E-state index in [1.165, 1.54) is 38.4 Å². The molecule has 5 heterocycles. The van der Waals surface area contributed by atoms with Crippen molar-refractivity contribution in [3.63, 3.8) is 0 Å². The van der Waals surface area contributed by atoms with Crippen molar-refractivity contribution in [2.24, 2.45) is 29.6 Å². The van der Waals surface area contributed by atoms with Crippen LogP contribution in [0, 0.1) is 50.4 Å². The Morgan fingerprint density at radius 3 is 2.30 bits per heavy atom. The smallest absolute Gasteiger partial charge is 0.664 e. The van der Waals surface area contributed by atoms with E-state index in [1.807, 2.05) is 44.2 Å². The number of ether oxygens (including phenoxy) is 2. The fourth-order valence-electron chi connectivity index (χ4n) is 9.31. The van der Waals surface area contributed by atoms with Crippen molar-refractivity contribution < 1.29 is 24.2 Å². The molecular weight excluding hydrogens is 761 g/mol. The van der Waals surface area contributed by atoms with Crippen LogP contribution < -0.4 is 25.7 Å². The van der Waals surface area contributed by atoms with Crippen molar-refractivity contribution in [2.75, 3.05) is 13.7 Å². The number of methoxy groups -OCH3 is 1. The largest absolute Gasteiger partial charge is 2.00 e. The van der Waals surface area contributed by atoms with E-state index >= 15 is 0 Å². The standard InChI is InChI=1S/C50H64N4O5.Mg/c1-12-34-30(7)37-24-39-32(9)36(20-21-43(55)59-23-22-29(6)19-15-18-28(5)17-14-16-27(3)4)47(53-39)45-46(50(57)58-11)49(56)44-33(10)40(54-48(44)45)26-42-35(13-2)31(8)38(52-42)25-41(34)51-37;/h12,22,24-28,32,36,46,49,56H,1,13-21,23H2,2-11H3;/q-4;+2/b29-22+,38-25-,39-24-,42-26-,47-45-;/t28-,32+,36+,46-,49+;/m1./s1. The van der Waals surface area contributed by atoms with E-state index in [2.05, 4.69) is 55.0 Å². The number of allylic oxidation sites excluding steroid dienone is 3. The van der Waals surface area contributed by atoms with Crippen molar-refractivity contribution >= 4 is 64.9 Å². The number of carbonyl (C=O) groups is 2. The van der Waals surface area contributed by atoms with Crippen molar-refractivity contribution in [1.82, 2.24) is 15.0 Å². The number of hydrogen-bond donors (Lipinski definition) is 1. The quantitative estimate of drug-likeness (QED) is 0.0867. The van der Waals surface area contributed by atoms with Crippen molar-refractivity contribution in [2.45, 2.75) is 126 Å². The summed E-state index contributed by atoms with van der Waals surface area (Å²) in [5.41, 5.74) is 11.4. The molecule has 1 N–H and O–H groups in total. The average molecular weight is 825 g/mol. The van der Waals surface area contributed by atoms with E-state index in [0.717, 1.165) is 86.7 Å². The average Bonchev–Trinajstić information content (AvgIpc) is 3.94. The third-order valence-electron chi connectivity index (χ3n) is 13.0. The first-order chi connectivity index (χ1) is 28.2. The van der Waals surface area contributed by atoms with Crippen molar-refractivity contribution in [3.05, 3.63) is 102 Å². The summed E-state index contributed by atoms with van der Waals surface area (Å²) in [6.07, 6.45) is 17.3. The van der Waals surface area contributed by atoms with Gasteiger partial charge in [0, 0.05) is 6.42 Å². The van der Waals surface area contributed by atoms with Gasteiger partial charge in [-0.2, -0.15) is 11.4 Å². The summed E-state index contributed by atoms with van der Waals surface area (Å²) in [5, 5.41) is 18.8. The fourth-order valence-corrected chi connectivity index (χ4v) is 9.31. The topological polar surface area (TPSA) is 129 Å². The maximum atomic E-state index is 13.6. The first-order valence-electron chi connectivity index (χ1n) is 21.8. The molecule has 318 valence electrons. The van der Waals surface area contributed by atoms with Crippen LogP contribution in [0.25, 0.3) is 35.2 Å². The monoisotopic (exact) mass is 824 g/mol. The maximum Gasteiger partial charge on any atom is 2.00 e. The van der Waals surface area contributed by atoms with Crippen LogP contribution >= 0.6 is 0 Å². The molecule has 0 radical (unpaired) electrons. The molecule has 0 amide bonds. The molecule has 0 spiro atoms. The van der Waals surface area contributed by atoms with E-state index in [1.54, 1.807) is 0 Å². The van der Waals surface area contributed by atoms with Crippen LogP contribution in [0.3, 0.4) is 0 Å². The van der Waals surface area contributed by atoms with E-state index in [4.69, 9.17) is 29.7 Å². The van der Waals surface area contributed by atoms with Gasteiger partial charge in [-0.05, 0) is 94.3 Å². The summed E-state index contributed by atoms with van der Waals surface area (Å²) in [5.74, 6) is -0.816. The van der Waals surface area contributed by atoms with E-state index < -0.39 is 18.0 Å². The number of hydrogen-bond acceptors (Lipinski definition) is 5. The molecule has 9 nitrogen and oxygen atoms in total. The Kier molecular flexibility index (Phi) is 15.9. The van der Waals surface area contributed by atoms with Gasteiger partial charge in [0.15, 0.2) is 0 Å². The molecule has 10 heteroatoms. The van der Waals surface area contributed by atoms with Gasteiger partial charge in [0.05, 0.1) is 13.2 Å². The summed E-state index contributed by atoms with van der Waals surface area (Å²) in [6, 6.07) is 0. The van der Waals surface area contributed by atoms with Crippen LogP contribution in [0.15, 0.2) is 29.6 Å².